The van der Waals surface area contributed by atoms with E-state index in [4.69, 9.17) is 0 Å². The summed E-state index contributed by atoms with van der Waals surface area (Å²) in [4.78, 5) is 8.93. The number of halogens is 1. The first-order valence-electron chi connectivity index (χ1n) is 6.81. The molecule has 0 heterocycles. The summed E-state index contributed by atoms with van der Waals surface area (Å²) in [7, 11) is 6.15. The van der Waals surface area contributed by atoms with Crippen LogP contribution >= 0.6 is 24.0 Å². The minimum atomic E-state index is 0. The van der Waals surface area contributed by atoms with Crippen LogP contribution in [-0.4, -0.2) is 56.5 Å². The zero-order valence-corrected chi connectivity index (χ0v) is 15.3. The molecule has 1 rings (SSSR count). The van der Waals surface area contributed by atoms with E-state index in [1.165, 1.54) is 5.56 Å². The molecular formula is C15H27IN4. The van der Waals surface area contributed by atoms with E-state index >= 15 is 0 Å². The molecule has 0 aliphatic carbocycles. The molecule has 0 spiro atoms. The third-order valence-corrected chi connectivity index (χ3v) is 2.99. The molecule has 0 aliphatic heterocycles. The lowest BCUT2D eigenvalue weighted by Gasteiger charge is -2.20. The van der Waals surface area contributed by atoms with Crippen molar-refractivity contribution in [3.05, 3.63) is 35.9 Å². The number of aliphatic imine (C=N–C) groups is 1. The van der Waals surface area contributed by atoms with Gasteiger partial charge in [-0.15, -0.1) is 24.0 Å². The topological polar surface area (TPSA) is 30.9 Å². The lowest BCUT2D eigenvalue weighted by Crippen LogP contribution is -2.40. The van der Waals surface area contributed by atoms with E-state index in [1.807, 2.05) is 37.2 Å². The largest absolute Gasteiger partial charge is 0.355 e. The molecule has 5 heteroatoms. The summed E-state index contributed by atoms with van der Waals surface area (Å²) >= 11 is 0. The quantitative estimate of drug-likeness (QED) is 0.459. The van der Waals surface area contributed by atoms with Crippen LogP contribution < -0.4 is 5.32 Å². The summed E-state index contributed by atoms with van der Waals surface area (Å²) in [5.74, 6) is 0.938. The molecule has 0 saturated carbocycles. The maximum Gasteiger partial charge on any atom is 0.193 e. The lowest BCUT2D eigenvalue weighted by atomic mass is 10.2. The molecule has 0 unspecified atom stereocenters. The van der Waals surface area contributed by atoms with Gasteiger partial charge in [0.2, 0.25) is 0 Å². The summed E-state index contributed by atoms with van der Waals surface area (Å²) in [6.07, 6.45) is 0. The van der Waals surface area contributed by atoms with E-state index in [2.05, 4.69) is 41.3 Å². The number of benzene rings is 1. The van der Waals surface area contributed by atoms with Gasteiger partial charge in [0, 0.05) is 27.2 Å². The predicted octanol–water partition coefficient (Wildman–Crippen LogP) is 2.26. The molecule has 1 aromatic rings. The second-order valence-corrected chi connectivity index (χ2v) is 4.84. The number of hydrogen-bond donors (Lipinski definition) is 1. The number of guanidine groups is 1. The zero-order valence-electron chi connectivity index (χ0n) is 13.0. The molecule has 1 N–H and O–H groups in total. The van der Waals surface area contributed by atoms with Crippen LogP contribution in [0.3, 0.4) is 0 Å². The van der Waals surface area contributed by atoms with Gasteiger partial charge in [-0.05, 0) is 19.2 Å². The van der Waals surface area contributed by atoms with Crippen LogP contribution in [0.5, 0.6) is 0 Å². The van der Waals surface area contributed by atoms with Crippen molar-refractivity contribution >= 4 is 29.9 Å². The van der Waals surface area contributed by atoms with E-state index in [0.29, 0.717) is 6.54 Å². The first kappa shape index (κ1) is 19.2. The van der Waals surface area contributed by atoms with Crippen LogP contribution in [-0.2, 0) is 6.54 Å². The minimum absolute atomic E-state index is 0. The maximum atomic E-state index is 4.63. The predicted molar refractivity (Wildman–Crippen MR) is 97.9 cm³/mol. The maximum absolute atomic E-state index is 4.63. The molecule has 0 bridgehead atoms. The smallest absolute Gasteiger partial charge is 0.193 e. The van der Waals surface area contributed by atoms with Gasteiger partial charge in [0.05, 0.1) is 6.54 Å². The van der Waals surface area contributed by atoms with Crippen LogP contribution in [0.25, 0.3) is 0 Å². The van der Waals surface area contributed by atoms with Crippen LogP contribution in [0.4, 0.5) is 0 Å². The molecule has 1 aromatic carbocycles. The summed E-state index contributed by atoms with van der Waals surface area (Å²) in [6, 6.07) is 10.3. The normalized spacial score (nSPS) is 11.2. The lowest BCUT2D eigenvalue weighted by molar-refractivity contribution is 0.355. The van der Waals surface area contributed by atoms with Crippen molar-refractivity contribution in [1.82, 2.24) is 15.1 Å². The van der Waals surface area contributed by atoms with Crippen molar-refractivity contribution < 1.29 is 0 Å². The summed E-state index contributed by atoms with van der Waals surface area (Å²) in [5.41, 5.74) is 1.23. The Morgan fingerprint density at radius 3 is 2.35 bits per heavy atom. The highest BCUT2D eigenvalue weighted by atomic mass is 127. The average Bonchev–Trinajstić information content (AvgIpc) is 2.43. The highest BCUT2D eigenvalue weighted by Crippen LogP contribution is 2.00. The fourth-order valence-electron chi connectivity index (χ4n) is 1.62. The van der Waals surface area contributed by atoms with Gasteiger partial charge in [0.1, 0.15) is 0 Å². The monoisotopic (exact) mass is 390 g/mol. The van der Waals surface area contributed by atoms with E-state index in [-0.39, 0.29) is 24.0 Å². The standard InChI is InChI=1S/C15H26N4.HI/c1-5-19(4)12-11-16-15(18(2)3)17-13-14-9-7-6-8-10-14;/h6-10H,5,11-13H2,1-4H3,(H,16,17);1H. The minimum Gasteiger partial charge on any atom is -0.355 e. The third kappa shape index (κ3) is 7.69. The Kier molecular flexibility index (Phi) is 10.5. The summed E-state index contributed by atoms with van der Waals surface area (Å²) < 4.78 is 0. The molecule has 0 radical (unpaired) electrons. The molecule has 114 valence electrons. The Hall–Kier alpha value is -0.820. The Bertz CT molecular complexity index is 379. The molecule has 0 amide bonds. The van der Waals surface area contributed by atoms with Crippen molar-refractivity contribution in [3.8, 4) is 0 Å². The van der Waals surface area contributed by atoms with Crippen LogP contribution in [0.2, 0.25) is 0 Å². The van der Waals surface area contributed by atoms with Crippen molar-refractivity contribution in [1.29, 1.82) is 0 Å². The van der Waals surface area contributed by atoms with E-state index in [1.54, 1.807) is 0 Å². The van der Waals surface area contributed by atoms with Crippen LogP contribution in [0, 0.1) is 0 Å². The molecule has 0 aromatic heterocycles. The molecule has 0 fully saturated rings. The fraction of sp³-hybridized carbons (Fsp3) is 0.533. The van der Waals surface area contributed by atoms with Crippen molar-refractivity contribution in [2.45, 2.75) is 13.5 Å². The summed E-state index contributed by atoms with van der Waals surface area (Å²) in [5, 5.41) is 3.39. The van der Waals surface area contributed by atoms with Gasteiger partial charge in [0.25, 0.3) is 0 Å². The van der Waals surface area contributed by atoms with Gasteiger partial charge < -0.3 is 15.1 Å². The first-order valence-corrected chi connectivity index (χ1v) is 6.81. The Morgan fingerprint density at radius 1 is 1.15 bits per heavy atom. The average molecular weight is 390 g/mol. The van der Waals surface area contributed by atoms with Gasteiger partial charge in [-0.1, -0.05) is 37.3 Å². The number of likely N-dealkylation sites (N-methyl/N-ethyl adjacent to an activating group) is 1. The molecule has 0 aliphatic rings. The highest BCUT2D eigenvalue weighted by Gasteiger charge is 2.01. The van der Waals surface area contributed by atoms with E-state index in [9.17, 15) is 0 Å². The first-order chi connectivity index (χ1) is 9.13. The van der Waals surface area contributed by atoms with Crippen LogP contribution in [0.15, 0.2) is 35.3 Å². The van der Waals surface area contributed by atoms with Crippen molar-refractivity contribution in [2.75, 3.05) is 40.8 Å². The number of nitrogens with zero attached hydrogens (tertiary/aromatic N) is 3. The van der Waals surface area contributed by atoms with Crippen molar-refractivity contribution in [2.24, 2.45) is 4.99 Å². The van der Waals surface area contributed by atoms with Gasteiger partial charge >= 0.3 is 0 Å². The van der Waals surface area contributed by atoms with Gasteiger partial charge in [0.15, 0.2) is 5.96 Å². The van der Waals surface area contributed by atoms with Gasteiger partial charge in [-0.2, -0.15) is 0 Å². The van der Waals surface area contributed by atoms with E-state index in [0.717, 1.165) is 25.6 Å². The number of rotatable bonds is 6. The SMILES string of the molecule is CCN(C)CCNC(=NCc1ccccc1)N(C)C.I. The Labute approximate surface area is 140 Å². The second-order valence-electron chi connectivity index (χ2n) is 4.84. The fourth-order valence-corrected chi connectivity index (χ4v) is 1.62. The molecule has 20 heavy (non-hydrogen) atoms. The number of nitrogens with one attached hydrogen (secondary N) is 1. The molecule has 0 atom stereocenters. The van der Waals surface area contributed by atoms with Crippen LogP contribution in [0.1, 0.15) is 12.5 Å². The molecule has 0 saturated heterocycles. The Balaban J connectivity index is 0.00000361. The van der Waals surface area contributed by atoms with E-state index < -0.39 is 0 Å². The molecule has 4 nitrogen and oxygen atoms in total. The Morgan fingerprint density at radius 2 is 1.80 bits per heavy atom. The third-order valence-electron chi connectivity index (χ3n) is 2.99. The zero-order chi connectivity index (χ0) is 14.1. The second kappa shape index (κ2) is 10.9. The van der Waals surface area contributed by atoms with Gasteiger partial charge in [-0.25, -0.2) is 4.99 Å². The highest BCUT2D eigenvalue weighted by molar-refractivity contribution is 14.0. The van der Waals surface area contributed by atoms with Gasteiger partial charge in [-0.3, -0.25) is 0 Å². The summed E-state index contributed by atoms with van der Waals surface area (Å²) in [6.45, 7) is 5.88. The molecular weight excluding hydrogens is 363 g/mol. The number of hydrogen-bond acceptors (Lipinski definition) is 2. The van der Waals surface area contributed by atoms with Crippen molar-refractivity contribution in [3.63, 3.8) is 0 Å².